The van der Waals surface area contributed by atoms with Crippen LogP contribution in [0.3, 0.4) is 0 Å². The summed E-state index contributed by atoms with van der Waals surface area (Å²) < 4.78 is 0. The smallest absolute Gasteiger partial charge is 0.164 e. The molecule has 70 valence electrons. The molecule has 1 atom stereocenters. The van der Waals surface area contributed by atoms with Crippen molar-refractivity contribution >= 4 is 17.1 Å². The van der Waals surface area contributed by atoms with Gasteiger partial charge in [0.15, 0.2) is 5.78 Å². The van der Waals surface area contributed by atoms with E-state index in [-0.39, 0.29) is 5.78 Å². The van der Waals surface area contributed by atoms with Crippen LogP contribution in [0.25, 0.3) is 0 Å². The van der Waals surface area contributed by atoms with Crippen molar-refractivity contribution in [2.45, 2.75) is 19.8 Å². The van der Waals surface area contributed by atoms with Gasteiger partial charge in [-0.05, 0) is 31.9 Å². The molecular weight excluding hydrogens is 182 g/mol. The Morgan fingerprint density at radius 2 is 2.38 bits per heavy atom. The Kier molecular flexibility index (Phi) is 2.22. The van der Waals surface area contributed by atoms with E-state index in [1.165, 1.54) is 9.75 Å². The van der Waals surface area contributed by atoms with Gasteiger partial charge in [0, 0.05) is 21.7 Å². The van der Waals surface area contributed by atoms with Gasteiger partial charge >= 0.3 is 0 Å². The minimum absolute atomic E-state index is 0.279. The van der Waals surface area contributed by atoms with Crippen LogP contribution in [-0.2, 0) is 6.42 Å². The SMILES string of the molecule is Cc1cc2c(s1)CC(CN)CC2=O. The summed E-state index contributed by atoms with van der Waals surface area (Å²) >= 11 is 1.74. The molecule has 2 nitrogen and oxygen atoms in total. The van der Waals surface area contributed by atoms with E-state index in [2.05, 4.69) is 0 Å². The second kappa shape index (κ2) is 3.24. The lowest BCUT2D eigenvalue weighted by molar-refractivity contribution is 0.0952. The van der Waals surface area contributed by atoms with E-state index in [0.717, 1.165) is 12.0 Å². The van der Waals surface area contributed by atoms with Crippen molar-refractivity contribution in [3.8, 4) is 0 Å². The number of nitrogens with two attached hydrogens (primary N) is 1. The maximum Gasteiger partial charge on any atom is 0.164 e. The molecule has 1 heterocycles. The summed E-state index contributed by atoms with van der Waals surface area (Å²) in [5.41, 5.74) is 6.53. The molecule has 1 aromatic rings. The molecule has 1 aliphatic rings. The molecule has 0 saturated carbocycles. The number of thiophene rings is 1. The average molecular weight is 195 g/mol. The third kappa shape index (κ3) is 1.54. The molecule has 0 saturated heterocycles. The average Bonchev–Trinajstić information content (AvgIpc) is 2.46. The van der Waals surface area contributed by atoms with Gasteiger partial charge in [0.05, 0.1) is 0 Å². The number of carbonyl (C=O) groups is 1. The zero-order valence-corrected chi connectivity index (χ0v) is 8.49. The third-order valence-corrected chi connectivity index (χ3v) is 3.59. The second-order valence-corrected chi connectivity index (χ2v) is 4.97. The van der Waals surface area contributed by atoms with Crippen LogP contribution in [0.4, 0.5) is 0 Å². The molecular formula is C10H13NOS. The molecule has 0 fully saturated rings. The molecule has 0 amide bonds. The highest BCUT2D eigenvalue weighted by molar-refractivity contribution is 7.12. The Bertz CT molecular complexity index is 343. The number of carbonyl (C=O) groups excluding carboxylic acids is 1. The lowest BCUT2D eigenvalue weighted by Crippen LogP contribution is -2.24. The van der Waals surface area contributed by atoms with E-state index in [4.69, 9.17) is 5.73 Å². The summed E-state index contributed by atoms with van der Waals surface area (Å²) in [6.07, 6.45) is 1.63. The zero-order chi connectivity index (χ0) is 9.42. The van der Waals surface area contributed by atoms with Crippen LogP contribution in [0.2, 0.25) is 0 Å². The summed E-state index contributed by atoms with van der Waals surface area (Å²) in [5.74, 6) is 0.652. The molecule has 3 heteroatoms. The zero-order valence-electron chi connectivity index (χ0n) is 7.67. The van der Waals surface area contributed by atoms with E-state index in [0.29, 0.717) is 18.9 Å². The van der Waals surface area contributed by atoms with Crippen molar-refractivity contribution in [2.24, 2.45) is 11.7 Å². The fraction of sp³-hybridized carbons (Fsp3) is 0.500. The largest absolute Gasteiger partial charge is 0.330 e. The van der Waals surface area contributed by atoms with Crippen LogP contribution in [0.5, 0.6) is 0 Å². The molecule has 2 N–H and O–H groups in total. The molecule has 0 spiro atoms. The van der Waals surface area contributed by atoms with Crippen molar-refractivity contribution in [1.82, 2.24) is 0 Å². The normalized spacial score (nSPS) is 21.7. The van der Waals surface area contributed by atoms with Crippen molar-refractivity contribution < 1.29 is 4.79 Å². The topological polar surface area (TPSA) is 43.1 Å². The predicted octanol–water partition coefficient (Wildman–Crippen LogP) is 1.76. The Balaban J connectivity index is 2.36. The highest BCUT2D eigenvalue weighted by Gasteiger charge is 2.25. The van der Waals surface area contributed by atoms with E-state index in [1.807, 2.05) is 13.0 Å². The first-order valence-electron chi connectivity index (χ1n) is 4.53. The number of Topliss-reactive ketones (excluding diaryl/α,β-unsaturated/α-hetero) is 1. The van der Waals surface area contributed by atoms with Crippen LogP contribution in [0, 0.1) is 12.8 Å². The van der Waals surface area contributed by atoms with Crippen molar-refractivity contribution in [1.29, 1.82) is 0 Å². The summed E-state index contributed by atoms with van der Waals surface area (Å²) in [6, 6.07) is 2.01. The summed E-state index contributed by atoms with van der Waals surface area (Å²) in [7, 11) is 0. The van der Waals surface area contributed by atoms with Gasteiger partial charge in [-0.1, -0.05) is 0 Å². The fourth-order valence-electron chi connectivity index (χ4n) is 1.82. The molecule has 1 unspecified atom stereocenters. The highest BCUT2D eigenvalue weighted by Crippen LogP contribution is 2.31. The quantitative estimate of drug-likeness (QED) is 0.742. The van der Waals surface area contributed by atoms with Crippen molar-refractivity contribution in [3.63, 3.8) is 0 Å². The Labute approximate surface area is 81.8 Å². The summed E-state index contributed by atoms with van der Waals surface area (Å²) in [6.45, 7) is 2.68. The molecule has 13 heavy (non-hydrogen) atoms. The number of rotatable bonds is 1. The van der Waals surface area contributed by atoms with Crippen LogP contribution in [0.1, 0.15) is 26.5 Å². The van der Waals surface area contributed by atoms with Crippen LogP contribution in [-0.4, -0.2) is 12.3 Å². The number of fused-ring (bicyclic) bond motifs is 1. The van der Waals surface area contributed by atoms with E-state index < -0.39 is 0 Å². The molecule has 1 aliphatic carbocycles. The molecule has 1 aromatic heterocycles. The highest BCUT2D eigenvalue weighted by atomic mass is 32.1. The van der Waals surface area contributed by atoms with Gasteiger partial charge in [-0.2, -0.15) is 0 Å². The van der Waals surface area contributed by atoms with Crippen molar-refractivity contribution in [2.75, 3.05) is 6.54 Å². The van der Waals surface area contributed by atoms with Gasteiger partial charge in [-0.25, -0.2) is 0 Å². The summed E-state index contributed by atoms with van der Waals surface area (Å²) in [5, 5.41) is 0. The number of hydrogen-bond acceptors (Lipinski definition) is 3. The minimum Gasteiger partial charge on any atom is -0.330 e. The predicted molar refractivity (Wildman–Crippen MR) is 54.3 cm³/mol. The van der Waals surface area contributed by atoms with E-state index in [1.54, 1.807) is 11.3 Å². The Hall–Kier alpha value is -0.670. The maximum absolute atomic E-state index is 11.6. The first-order chi connectivity index (χ1) is 6.20. The molecule has 0 radical (unpaired) electrons. The minimum atomic E-state index is 0.279. The molecule has 0 aliphatic heterocycles. The molecule has 2 rings (SSSR count). The van der Waals surface area contributed by atoms with Gasteiger partial charge in [0.2, 0.25) is 0 Å². The fourth-order valence-corrected chi connectivity index (χ4v) is 2.99. The monoisotopic (exact) mass is 195 g/mol. The van der Waals surface area contributed by atoms with Crippen LogP contribution >= 0.6 is 11.3 Å². The maximum atomic E-state index is 11.6. The standard InChI is InChI=1S/C10H13NOS/c1-6-2-8-9(12)3-7(5-11)4-10(8)13-6/h2,7H,3-5,11H2,1H3. The van der Waals surface area contributed by atoms with Gasteiger partial charge in [-0.3, -0.25) is 4.79 Å². The Morgan fingerprint density at radius 3 is 3.08 bits per heavy atom. The van der Waals surface area contributed by atoms with Gasteiger partial charge in [-0.15, -0.1) is 11.3 Å². The Morgan fingerprint density at radius 1 is 1.62 bits per heavy atom. The second-order valence-electron chi connectivity index (χ2n) is 3.63. The van der Waals surface area contributed by atoms with Gasteiger partial charge in [0.1, 0.15) is 0 Å². The number of aryl methyl sites for hydroxylation is 1. The van der Waals surface area contributed by atoms with E-state index >= 15 is 0 Å². The van der Waals surface area contributed by atoms with Crippen LogP contribution in [0.15, 0.2) is 6.07 Å². The summed E-state index contributed by atoms with van der Waals surface area (Å²) in [4.78, 5) is 14.1. The van der Waals surface area contributed by atoms with Gasteiger partial charge < -0.3 is 5.73 Å². The molecule has 0 bridgehead atoms. The van der Waals surface area contributed by atoms with E-state index in [9.17, 15) is 4.79 Å². The van der Waals surface area contributed by atoms with Gasteiger partial charge in [0.25, 0.3) is 0 Å². The number of ketones is 1. The van der Waals surface area contributed by atoms with Crippen molar-refractivity contribution in [3.05, 3.63) is 21.4 Å². The molecule has 0 aromatic carbocycles. The first kappa shape index (κ1) is 8.91. The third-order valence-electron chi connectivity index (χ3n) is 2.51. The van der Waals surface area contributed by atoms with Crippen LogP contribution < -0.4 is 5.73 Å². The first-order valence-corrected chi connectivity index (χ1v) is 5.35. The lowest BCUT2D eigenvalue weighted by atomic mass is 9.88. The number of hydrogen-bond donors (Lipinski definition) is 1. The lowest BCUT2D eigenvalue weighted by Gasteiger charge is -2.18.